The fraction of sp³-hybridized carbons (Fsp3) is 0.368. The lowest BCUT2D eigenvalue weighted by molar-refractivity contribution is 0.00578. The molecule has 5 heteroatoms. The Kier molecular flexibility index (Phi) is 4.10. The van der Waals surface area contributed by atoms with Crippen LogP contribution in [-0.2, 0) is 9.31 Å². The third-order valence-electron chi connectivity index (χ3n) is 4.79. The molecule has 1 aliphatic rings. The third kappa shape index (κ3) is 3.14. The monoisotopic (exact) mass is 325 g/mol. The molecule has 1 saturated heterocycles. The van der Waals surface area contributed by atoms with E-state index in [0.717, 1.165) is 11.2 Å². The van der Waals surface area contributed by atoms with Crippen LogP contribution in [-0.4, -0.2) is 18.3 Å². The fourth-order valence-corrected chi connectivity index (χ4v) is 2.55. The number of aryl methyl sites for hydroxylation is 1. The van der Waals surface area contributed by atoms with Gasteiger partial charge in [-0.2, -0.15) is 0 Å². The summed E-state index contributed by atoms with van der Waals surface area (Å²) < 4.78 is 18.3. The molecule has 126 valence electrons. The normalized spacial score (nSPS) is 18.6. The van der Waals surface area contributed by atoms with Crippen LogP contribution in [0.4, 0.5) is 5.69 Å². The highest BCUT2D eigenvalue weighted by Crippen LogP contribution is 2.37. The maximum Gasteiger partial charge on any atom is 0.498 e. The van der Waals surface area contributed by atoms with Crippen molar-refractivity contribution in [3.8, 4) is 11.5 Å². The molecular formula is C19H24BNO3. The molecule has 1 heterocycles. The molecule has 0 radical (unpaired) electrons. The Bertz CT molecular complexity index is 725. The Morgan fingerprint density at radius 3 is 2.08 bits per heavy atom. The Morgan fingerprint density at radius 1 is 0.917 bits per heavy atom. The van der Waals surface area contributed by atoms with Crippen molar-refractivity contribution in [2.24, 2.45) is 0 Å². The molecule has 0 atom stereocenters. The minimum Gasteiger partial charge on any atom is -0.458 e. The van der Waals surface area contributed by atoms with Crippen molar-refractivity contribution in [2.75, 3.05) is 5.73 Å². The van der Waals surface area contributed by atoms with Gasteiger partial charge in [0, 0.05) is 11.2 Å². The molecule has 0 amide bonds. The van der Waals surface area contributed by atoms with Crippen LogP contribution < -0.4 is 15.9 Å². The van der Waals surface area contributed by atoms with Gasteiger partial charge in [0.15, 0.2) is 0 Å². The molecule has 0 aromatic heterocycles. The maximum absolute atomic E-state index is 6.14. The summed E-state index contributed by atoms with van der Waals surface area (Å²) >= 11 is 0. The van der Waals surface area contributed by atoms with Gasteiger partial charge in [0.1, 0.15) is 11.5 Å². The molecule has 0 unspecified atom stereocenters. The summed E-state index contributed by atoms with van der Waals surface area (Å²) in [5.74, 6) is 1.45. The minimum absolute atomic E-state index is 0.413. The average molecular weight is 325 g/mol. The van der Waals surface area contributed by atoms with E-state index < -0.39 is 18.3 Å². The summed E-state index contributed by atoms with van der Waals surface area (Å²) in [5, 5.41) is 0. The Morgan fingerprint density at radius 2 is 1.50 bits per heavy atom. The number of ether oxygens (including phenoxy) is 1. The second-order valence-corrected chi connectivity index (χ2v) is 7.30. The van der Waals surface area contributed by atoms with Gasteiger partial charge in [-0.05, 0) is 65.0 Å². The molecule has 2 aromatic rings. The number of nitrogens with two attached hydrogens (primary N) is 1. The zero-order valence-corrected chi connectivity index (χ0v) is 14.9. The molecule has 3 rings (SSSR count). The largest absolute Gasteiger partial charge is 0.498 e. The van der Waals surface area contributed by atoms with Crippen LogP contribution in [0, 0.1) is 6.92 Å². The van der Waals surface area contributed by atoms with Crippen molar-refractivity contribution in [2.45, 2.75) is 45.8 Å². The van der Waals surface area contributed by atoms with Gasteiger partial charge in [0.2, 0.25) is 0 Å². The van der Waals surface area contributed by atoms with Gasteiger partial charge in [0.05, 0.1) is 11.2 Å². The zero-order valence-electron chi connectivity index (χ0n) is 14.9. The first-order valence-corrected chi connectivity index (χ1v) is 8.17. The lowest BCUT2D eigenvalue weighted by atomic mass is 9.78. The summed E-state index contributed by atoms with van der Waals surface area (Å²) in [5.41, 5.74) is 7.79. The van der Waals surface area contributed by atoms with Crippen molar-refractivity contribution < 1.29 is 14.0 Å². The summed E-state index contributed by atoms with van der Waals surface area (Å²) in [6, 6.07) is 13.4. The number of rotatable bonds is 3. The van der Waals surface area contributed by atoms with Crippen LogP contribution in [0.2, 0.25) is 0 Å². The van der Waals surface area contributed by atoms with Crippen LogP contribution in [0.25, 0.3) is 0 Å². The first-order valence-electron chi connectivity index (χ1n) is 8.17. The number of hydrogen-bond donors (Lipinski definition) is 1. The van der Waals surface area contributed by atoms with E-state index in [0.29, 0.717) is 11.4 Å². The lowest BCUT2D eigenvalue weighted by Crippen LogP contribution is -2.41. The molecule has 1 aliphatic heterocycles. The number of nitrogen functional groups attached to an aromatic ring is 1. The zero-order chi connectivity index (χ0) is 17.5. The second-order valence-electron chi connectivity index (χ2n) is 7.30. The second kappa shape index (κ2) is 5.83. The van der Waals surface area contributed by atoms with Crippen molar-refractivity contribution in [3.63, 3.8) is 0 Å². The van der Waals surface area contributed by atoms with E-state index in [2.05, 4.69) is 0 Å². The standard InChI is InChI=1S/C19H24BNO3/c1-13-6-9-15(10-7-13)22-17-11-8-14(21)12-16(17)20-23-18(2,3)19(4,5)24-20/h6-12H,21H2,1-5H3. The van der Waals surface area contributed by atoms with Gasteiger partial charge in [-0.1, -0.05) is 17.7 Å². The van der Waals surface area contributed by atoms with Crippen molar-refractivity contribution in [1.29, 1.82) is 0 Å². The average Bonchev–Trinajstić information content (AvgIpc) is 2.71. The van der Waals surface area contributed by atoms with Crippen LogP contribution >= 0.6 is 0 Å². The van der Waals surface area contributed by atoms with Crippen molar-refractivity contribution in [1.82, 2.24) is 0 Å². The smallest absolute Gasteiger partial charge is 0.458 e. The first kappa shape index (κ1) is 16.9. The van der Waals surface area contributed by atoms with E-state index >= 15 is 0 Å². The van der Waals surface area contributed by atoms with E-state index in [1.807, 2.05) is 77.1 Å². The molecule has 0 saturated carbocycles. The Labute approximate surface area is 144 Å². The van der Waals surface area contributed by atoms with Gasteiger partial charge in [0.25, 0.3) is 0 Å². The van der Waals surface area contributed by atoms with Crippen LogP contribution in [0.5, 0.6) is 11.5 Å². The Hall–Kier alpha value is -1.98. The summed E-state index contributed by atoms with van der Waals surface area (Å²) in [6.07, 6.45) is 0. The lowest BCUT2D eigenvalue weighted by Gasteiger charge is -2.32. The molecule has 2 aromatic carbocycles. The maximum atomic E-state index is 6.14. The van der Waals surface area contributed by atoms with Gasteiger partial charge >= 0.3 is 7.12 Å². The van der Waals surface area contributed by atoms with Crippen molar-refractivity contribution in [3.05, 3.63) is 48.0 Å². The van der Waals surface area contributed by atoms with E-state index in [1.54, 1.807) is 0 Å². The van der Waals surface area contributed by atoms with Gasteiger partial charge in [-0.15, -0.1) is 0 Å². The summed E-state index contributed by atoms with van der Waals surface area (Å²) in [4.78, 5) is 0. The molecule has 0 bridgehead atoms. The first-order chi connectivity index (χ1) is 11.2. The van der Waals surface area contributed by atoms with Gasteiger partial charge in [-0.25, -0.2) is 0 Å². The molecule has 24 heavy (non-hydrogen) atoms. The highest BCUT2D eigenvalue weighted by atomic mass is 16.7. The topological polar surface area (TPSA) is 53.7 Å². The predicted molar refractivity (Wildman–Crippen MR) is 97.8 cm³/mol. The van der Waals surface area contributed by atoms with E-state index in [4.69, 9.17) is 19.8 Å². The SMILES string of the molecule is Cc1ccc(Oc2ccc(N)cc2B2OC(C)(C)C(C)(C)O2)cc1. The van der Waals surface area contributed by atoms with Crippen molar-refractivity contribution >= 4 is 18.3 Å². The van der Waals surface area contributed by atoms with E-state index in [1.165, 1.54) is 5.56 Å². The summed E-state index contributed by atoms with van der Waals surface area (Å²) in [6.45, 7) is 10.2. The van der Waals surface area contributed by atoms with E-state index in [-0.39, 0.29) is 0 Å². The molecular weight excluding hydrogens is 301 g/mol. The molecule has 4 nitrogen and oxygen atoms in total. The van der Waals surface area contributed by atoms with Gasteiger partial charge in [-0.3, -0.25) is 0 Å². The number of anilines is 1. The number of benzene rings is 2. The predicted octanol–water partition coefficient (Wildman–Crippen LogP) is 3.67. The van der Waals surface area contributed by atoms with Crippen LogP contribution in [0.15, 0.2) is 42.5 Å². The van der Waals surface area contributed by atoms with E-state index in [9.17, 15) is 0 Å². The van der Waals surface area contributed by atoms with Crippen LogP contribution in [0.3, 0.4) is 0 Å². The molecule has 1 fully saturated rings. The quantitative estimate of drug-likeness (QED) is 0.691. The third-order valence-corrected chi connectivity index (χ3v) is 4.79. The minimum atomic E-state index is -0.515. The van der Waals surface area contributed by atoms with Crippen LogP contribution in [0.1, 0.15) is 33.3 Å². The Balaban J connectivity index is 1.93. The highest BCUT2D eigenvalue weighted by Gasteiger charge is 2.52. The molecule has 0 aliphatic carbocycles. The molecule has 2 N–H and O–H groups in total. The summed E-state index contributed by atoms with van der Waals surface area (Å²) in [7, 11) is -0.515. The molecule has 0 spiro atoms. The fourth-order valence-electron chi connectivity index (χ4n) is 2.55. The number of hydrogen-bond acceptors (Lipinski definition) is 4. The highest BCUT2D eigenvalue weighted by molar-refractivity contribution is 6.63. The van der Waals surface area contributed by atoms with Gasteiger partial charge < -0.3 is 19.8 Å².